The molecule has 0 saturated heterocycles. The Kier molecular flexibility index (Phi) is 9.21. The van der Waals surface area contributed by atoms with Crippen molar-refractivity contribution in [1.29, 1.82) is 0 Å². The first-order valence-corrected chi connectivity index (χ1v) is 10.0. The van der Waals surface area contributed by atoms with Crippen LogP contribution in [0.5, 0.6) is 0 Å². The van der Waals surface area contributed by atoms with E-state index in [0.717, 1.165) is 38.3 Å². The summed E-state index contributed by atoms with van der Waals surface area (Å²) in [5.74, 6) is 0.371. The molecular formula is C13H29N5O3Si. The summed E-state index contributed by atoms with van der Waals surface area (Å²) in [6.07, 6.45) is 4.23. The van der Waals surface area contributed by atoms with E-state index in [1.54, 1.807) is 4.68 Å². The van der Waals surface area contributed by atoms with Crippen LogP contribution in [0.3, 0.4) is 0 Å². The molecular weight excluding hydrogens is 302 g/mol. The SMILES string of the molecule is CCO[Si](CCCCCCn1nnnc1N)(OCC)OCC. The van der Waals surface area contributed by atoms with Gasteiger partial charge in [-0.2, -0.15) is 0 Å². The zero-order chi connectivity index (χ0) is 16.3. The summed E-state index contributed by atoms with van der Waals surface area (Å²) >= 11 is 0. The number of aromatic nitrogens is 4. The third-order valence-corrected chi connectivity index (χ3v) is 6.41. The number of tetrazole rings is 1. The molecule has 0 aliphatic carbocycles. The second kappa shape index (κ2) is 10.7. The molecule has 0 radical (unpaired) electrons. The average Bonchev–Trinajstić information content (AvgIpc) is 2.89. The van der Waals surface area contributed by atoms with Gasteiger partial charge in [0.2, 0.25) is 5.95 Å². The molecule has 1 heterocycles. The summed E-state index contributed by atoms with van der Waals surface area (Å²) in [6.45, 7) is 8.59. The van der Waals surface area contributed by atoms with Crippen molar-refractivity contribution in [2.75, 3.05) is 25.6 Å². The van der Waals surface area contributed by atoms with Crippen molar-refractivity contribution in [3.8, 4) is 0 Å². The van der Waals surface area contributed by atoms with E-state index in [1.165, 1.54) is 0 Å². The van der Waals surface area contributed by atoms with Crippen molar-refractivity contribution in [3.63, 3.8) is 0 Å². The monoisotopic (exact) mass is 331 g/mol. The van der Waals surface area contributed by atoms with E-state index in [0.29, 0.717) is 25.8 Å². The van der Waals surface area contributed by atoms with Gasteiger partial charge in [-0.3, -0.25) is 0 Å². The van der Waals surface area contributed by atoms with Crippen LogP contribution in [0.1, 0.15) is 46.5 Å². The molecule has 1 rings (SSSR count). The van der Waals surface area contributed by atoms with Crippen LogP contribution in [0, 0.1) is 0 Å². The summed E-state index contributed by atoms with van der Waals surface area (Å²) in [7, 11) is -2.48. The zero-order valence-electron chi connectivity index (χ0n) is 14.0. The smallest absolute Gasteiger partial charge is 0.374 e. The van der Waals surface area contributed by atoms with Gasteiger partial charge in [0.25, 0.3) is 0 Å². The third kappa shape index (κ3) is 6.38. The molecule has 2 N–H and O–H groups in total. The summed E-state index contributed by atoms with van der Waals surface area (Å²) in [5.41, 5.74) is 5.62. The van der Waals surface area contributed by atoms with Gasteiger partial charge in [-0.1, -0.05) is 17.9 Å². The molecule has 1 aromatic heterocycles. The van der Waals surface area contributed by atoms with Crippen LogP contribution in [0.15, 0.2) is 0 Å². The molecule has 0 unspecified atom stereocenters. The van der Waals surface area contributed by atoms with Crippen LogP contribution in [0.4, 0.5) is 5.95 Å². The van der Waals surface area contributed by atoms with Crippen LogP contribution in [0.25, 0.3) is 0 Å². The maximum Gasteiger partial charge on any atom is 0.500 e. The van der Waals surface area contributed by atoms with Crippen molar-refractivity contribution in [2.45, 2.75) is 59.0 Å². The number of anilines is 1. The highest BCUT2D eigenvalue weighted by Crippen LogP contribution is 2.20. The summed E-state index contributed by atoms with van der Waals surface area (Å²) in [6, 6.07) is 0.871. The number of hydrogen-bond acceptors (Lipinski definition) is 7. The van der Waals surface area contributed by atoms with Crippen LogP contribution >= 0.6 is 0 Å². The third-order valence-electron chi connectivity index (χ3n) is 3.26. The highest BCUT2D eigenvalue weighted by molar-refractivity contribution is 6.60. The second-order valence-corrected chi connectivity index (χ2v) is 7.64. The van der Waals surface area contributed by atoms with Gasteiger partial charge in [0.15, 0.2) is 0 Å². The first-order valence-electron chi connectivity index (χ1n) is 8.11. The van der Waals surface area contributed by atoms with E-state index < -0.39 is 8.80 Å². The molecule has 9 heteroatoms. The lowest BCUT2D eigenvalue weighted by molar-refractivity contribution is 0.0706. The molecule has 0 aliphatic rings. The van der Waals surface area contributed by atoms with Gasteiger partial charge in [0.1, 0.15) is 0 Å². The van der Waals surface area contributed by atoms with Gasteiger partial charge in [0, 0.05) is 32.4 Å². The van der Waals surface area contributed by atoms with Crippen LogP contribution in [-0.2, 0) is 19.8 Å². The lowest BCUT2D eigenvalue weighted by atomic mass is 10.2. The highest BCUT2D eigenvalue weighted by atomic mass is 28.4. The molecule has 1 aromatic rings. The lowest BCUT2D eigenvalue weighted by Crippen LogP contribution is -2.45. The van der Waals surface area contributed by atoms with Crippen molar-refractivity contribution in [2.24, 2.45) is 0 Å². The minimum absolute atomic E-state index is 0.371. The van der Waals surface area contributed by atoms with Gasteiger partial charge in [0.05, 0.1) is 0 Å². The number of rotatable bonds is 13. The van der Waals surface area contributed by atoms with Gasteiger partial charge in [-0.15, -0.1) is 0 Å². The molecule has 128 valence electrons. The second-order valence-electron chi connectivity index (χ2n) is 4.91. The fourth-order valence-corrected chi connectivity index (χ4v) is 5.01. The predicted molar refractivity (Wildman–Crippen MR) is 86.1 cm³/mol. The van der Waals surface area contributed by atoms with Crippen molar-refractivity contribution >= 4 is 14.8 Å². The van der Waals surface area contributed by atoms with Gasteiger partial charge in [-0.05, 0) is 44.0 Å². The molecule has 0 bridgehead atoms. The fraction of sp³-hybridized carbons (Fsp3) is 0.923. The Hall–Kier alpha value is -1.03. The number of nitrogens with zero attached hydrogens (tertiary/aromatic N) is 4. The minimum Gasteiger partial charge on any atom is -0.374 e. The normalized spacial score (nSPS) is 12.0. The minimum atomic E-state index is -2.48. The molecule has 0 fully saturated rings. The fourth-order valence-electron chi connectivity index (χ4n) is 2.33. The number of nitrogens with two attached hydrogens (primary N) is 1. The molecule has 0 aromatic carbocycles. The Morgan fingerprint density at radius 2 is 1.55 bits per heavy atom. The maximum absolute atomic E-state index is 5.84. The molecule has 0 saturated carbocycles. The van der Waals surface area contributed by atoms with E-state index in [2.05, 4.69) is 15.5 Å². The van der Waals surface area contributed by atoms with E-state index in [-0.39, 0.29) is 0 Å². The van der Waals surface area contributed by atoms with E-state index in [4.69, 9.17) is 19.0 Å². The van der Waals surface area contributed by atoms with Crippen molar-refractivity contribution < 1.29 is 13.3 Å². The quantitative estimate of drug-likeness (QED) is 0.435. The number of nitrogen functional groups attached to an aromatic ring is 1. The van der Waals surface area contributed by atoms with E-state index in [1.807, 2.05) is 20.8 Å². The van der Waals surface area contributed by atoms with Gasteiger partial charge >= 0.3 is 8.80 Å². The van der Waals surface area contributed by atoms with Crippen molar-refractivity contribution in [1.82, 2.24) is 20.2 Å². The first kappa shape index (κ1) is 19.0. The Morgan fingerprint density at radius 1 is 0.955 bits per heavy atom. The van der Waals surface area contributed by atoms with Gasteiger partial charge in [-0.25, -0.2) is 4.68 Å². The molecule has 8 nitrogen and oxygen atoms in total. The molecule has 0 amide bonds. The number of aryl methyl sites for hydroxylation is 1. The number of hydrogen-bond donors (Lipinski definition) is 1. The highest BCUT2D eigenvalue weighted by Gasteiger charge is 2.39. The average molecular weight is 331 g/mol. The Bertz CT molecular complexity index is 388. The standard InChI is InChI=1S/C13H29N5O3Si/c1-4-19-22(20-5-2,21-6-3)12-10-8-7-9-11-18-13(14)15-16-17-18/h4-12H2,1-3H3,(H2,14,15,17). The van der Waals surface area contributed by atoms with Crippen LogP contribution in [-0.4, -0.2) is 48.8 Å². The largest absolute Gasteiger partial charge is 0.500 e. The Balaban J connectivity index is 2.25. The summed E-state index contributed by atoms with van der Waals surface area (Å²) < 4.78 is 19.1. The zero-order valence-corrected chi connectivity index (χ0v) is 15.0. The Labute approximate surface area is 133 Å². The van der Waals surface area contributed by atoms with E-state index in [9.17, 15) is 0 Å². The topological polar surface area (TPSA) is 97.3 Å². The molecule has 0 spiro atoms. The van der Waals surface area contributed by atoms with Crippen molar-refractivity contribution in [3.05, 3.63) is 0 Å². The summed E-state index contributed by atoms with van der Waals surface area (Å²) in [5, 5.41) is 11.0. The predicted octanol–water partition coefficient (Wildman–Crippen LogP) is 1.86. The van der Waals surface area contributed by atoms with Gasteiger partial charge < -0.3 is 19.0 Å². The molecule has 0 atom stereocenters. The maximum atomic E-state index is 5.84. The molecule has 0 aliphatic heterocycles. The first-order chi connectivity index (χ1) is 10.7. The van der Waals surface area contributed by atoms with Crippen LogP contribution < -0.4 is 5.73 Å². The number of unbranched alkanes of at least 4 members (excludes halogenated alkanes) is 3. The van der Waals surface area contributed by atoms with Crippen LogP contribution in [0.2, 0.25) is 6.04 Å². The Morgan fingerprint density at radius 3 is 2.05 bits per heavy atom. The van der Waals surface area contributed by atoms with E-state index >= 15 is 0 Å². The lowest BCUT2D eigenvalue weighted by Gasteiger charge is -2.28. The summed E-state index contributed by atoms with van der Waals surface area (Å²) in [4.78, 5) is 0. The molecule has 22 heavy (non-hydrogen) atoms.